The van der Waals surface area contributed by atoms with Crippen molar-refractivity contribution in [3.05, 3.63) is 103 Å². The molecule has 4 aromatic carbocycles. The molecule has 1 unspecified atom stereocenters. The van der Waals surface area contributed by atoms with E-state index in [1.54, 1.807) is 0 Å². The first kappa shape index (κ1) is 18.4. The fourth-order valence-corrected chi connectivity index (χ4v) is 3.90. The predicted molar refractivity (Wildman–Crippen MR) is 121 cm³/mol. The number of fused-ring (bicyclic) bond motifs is 2. The van der Waals surface area contributed by atoms with Crippen molar-refractivity contribution in [2.45, 2.75) is 25.5 Å². The van der Waals surface area contributed by atoms with Crippen LogP contribution in [0.3, 0.4) is 0 Å². The van der Waals surface area contributed by atoms with E-state index in [4.69, 9.17) is 4.74 Å². The largest absolute Gasteiger partial charge is 0.468 e. The first-order valence-electron chi connectivity index (χ1n) is 10.4. The van der Waals surface area contributed by atoms with Crippen molar-refractivity contribution in [1.82, 2.24) is 15.0 Å². The number of aromatic nitrogens is 3. The van der Waals surface area contributed by atoms with E-state index in [2.05, 4.69) is 58.8 Å². The minimum atomic E-state index is -0.230. The van der Waals surface area contributed by atoms with Gasteiger partial charge in [-0.1, -0.05) is 84.1 Å². The van der Waals surface area contributed by atoms with Gasteiger partial charge < -0.3 is 4.74 Å². The average Bonchev–Trinajstić information content (AvgIpc) is 3.23. The summed E-state index contributed by atoms with van der Waals surface area (Å²) in [5.41, 5.74) is 3.21. The number of hydrogen-bond donors (Lipinski definition) is 0. The van der Waals surface area contributed by atoms with Crippen LogP contribution >= 0.6 is 0 Å². The normalized spacial score (nSPS) is 12.3. The second-order valence-electron chi connectivity index (χ2n) is 7.45. The van der Waals surface area contributed by atoms with Crippen molar-refractivity contribution in [3.63, 3.8) is 0 Å². The summed E-state index contributed by atoms with van der Waals surface area (Å²) in [5, 5.41) is 11.1. The van der Waals surface area contributed by atoms with Gasteiger partial charge in [0.2, 0.25) is 0 Å². The van der Waals surface area contributed by atoms with Gasteiger partial charge in [-0.25, -0.2) is 4.68 Å². The molecular formula is C26H23N3O. The van der Waals surface area contributed by atoms with Crippen LogP contribution in [0.2, 0.25) is 0 Å². The lowest BCUT2D eigenvalue weighted by atomic mass is 10.1. The van der Waals surface area contributed by atoms with Crippen LogP contribution in [-0.4, -0.2) is 15.0 Å². The Hall–Kier alpha value is -3.66. The van der Waals surface area contributed by atoms with Gasteiger partial charge in [-0.2, -0.15) is 0 Å². The van der Waals surface area contributed by atoms with Crippen molar-refractivity contribution in [1.29, 1.82) is 0 Å². The molecular weight excluding hydrogens is 370 g/mol. The molecule has 0 saturated heterocycles. The summed E-state index contributed by atoms with van der Waals surface area (Å²) in [5.74, 6) is 0.873. The van der Waals surface area contributed by atoms with Crippen molar-refractivity contribution in [2.75, 3.05) is 0 Å². The summed E-state index contributed by atoms with van der Waals surface area (Å²) < 4.78 is 8.50. The fraction of sp³-hybridized carbons (Fsp3) is 0.154. The van der Waals surface area contributed by atoms with Gasteiger partial charge >= 0.3 is 0 Å². The number of benzene rings is 4. The van der Waals surface area contributed by atoms with Crippen LogP contribution in [-0.2, 0) is 6.42 Å². The molecule has 1 heterocycles. The molecule has 4 heteroatoms. The molecule has 0 radical (unpaired) electrons. The predicted octanol–water partition coefficient (Wildman–Crippen LogP) is 6.19. The number of hydrogen-bond acceptors (Lipinski definition) is 3. The Morgan fingerprint density at radius 2 is 1.53 bits per heavy atom. The summed E-state index contributed by atoms with van der Waals surface area (Å²) in [6.45, 7) is 0. The molecule has 30 heavy (non-hydrogen) atoms. The maximum absolute atomic E-state index is 6.58. The Balaban J connectivity index is 1.46. The van der Waals surface area contributed by atoms with Gasteiger partial charge in [-0.05, 0) is 42.0 Å². The molecule has 5 rings (SSSR count). The van der Waals surface area contributed by atoms with Crippen LogP contribution in [0, 0.1) is 0 Å². The van der Waals surface area contributed by atoms with E-state index in [-0.39, 0.29) is 6.23 Å². The number of ether oxygens (including phenoxy) is 1. The molecule has 0 spiro atoms. The molecule has 0 aliphatic rings. The summed E-state index contributed by atoms with van der Waals surface area (Å²) in [6, 6.07) is 33.1. The third-order valence-corrected chi connectivity index (χ3v) is 5.42. The Labute approximate surface area is 175 Å². The molecule has 5 aromatic rings. The molecule has 0 aliphatic heterocycles. The van der Waals surface area contributed by atoms with Crippen LogP contribution in [0.15, 0.2) is 97.1 Å². The summed E-state index contributed by atoms with van der Waals surface area (Å²) >= 11 is 0. The molecule has 0 bridgehead atoms. The second-order valence-corrected chi connectivity index (χ2v) is 7.45. The second kappa shape index (κ2) is 8.37. The lowest BCUT2D eigenvalue weighted by Crippen LogP contribution is -2.18. The molecule has 0 fully saturated rings. The van der Waals surface area contributed by atoms with E-state index < -0.39 is 0 Å². The van der Waals surface area contributed by atoms with Gasteiger partial charge in [-0.3, -0.25) is 0 Å². The van der Waals surface area contributed by atoms with Crippen LogP contribution < -0.4 is 4.74 Å². The maximum Gasteiger partial charge on any atom is 0.193 e. The van der Waals surface area contributed by atoms with E-state index in [1.807, 2.05) is 53.2 Å². The Bertz CT molecular complexity index is 1260. The van der Waals surface area contributed by atoms with E-state index >= 15 is 0 Å². The lowest BCUT2D eigenvalue weighted by Gasteiger charge is -2.21. The molecule has 0 aliphatic carbocycles. The fourth-order valence-electron chi connectivity index (χ4n) is 3.90. The summed E-state index contributed by atoms with van der Waals surface area (Å²) in [4.78, 5) is 0. The topological polar surface area (TPSA) is 39.9 Å². The first-order chi connectivity index (χ1) is 14.9. The Morgan fingerprint density at radius 1 is 0.767 bits per heavy atom. The van der Waals surface area contributed by atoms with Crippen LogP contribution in [0.1, 0.15) is 24.6 Å². The highest BCUT2D eigenvalue weighted by molar-refractivity contribution is 5.88. The third kappa shape index (κ3) is 3.77. The van der Waals surface area contributed by atoms with E-state index in [1.165, 1.54) is 10.9 Å². The Kier molecular flexibility index (Phi) is 5.13. The zero-order valence-corrected chi connectivity index (χ0v) is 16.7. The van der Waals surface area contributed by atoms with Gasteiger partial charge in [0.05, 0.1) is 5.52 Å². The monoisotopic (exact) mass is 393 g/mol. The van der Waals surface area contributed by atoms with Gasteiger partial charge in [0.15, 0.2) is 6.23 Å². The summed E-state index contributed by atoms with van der Waals surface area (Å²) in [6.07, 6.45) is 2.61. The highest BCUT2D eigenvalue weighted by Crippen LogP contribution is 2.30. The molecule has 0 amide bonds. The zero-order valence-electron chi connectivity index (χ0n) is 16.7. The highest BCUT2D eigenvalue weighted by atomic mass is 16.5. The SMILES string of the molecule is c1ccc(CCCC(Oc2cccc3ccccc23)n2nnc3ccccc32)cc1. The molecule has 148 valence electrons. The lowest BCUT2D eigenvalue weighted by molar-refractivity contribution is 0.111. The molecule has 0 saturated carbocycles. The summed E-state index contributed by atoms with van der Waals surface area (Å²) in [7, 11) is 0. The van der Waals surface area contributed by atoms with Crippen molar-refractivity contribution >= 4 is 21.8 Å². The number of rotatable bonds is 7. The number of para-hydroxylation sites is 1. The minimum absolute atomic E-state index is 0.230. The maximum atomic E-state index is 6.58. The van der Waals surface area contributed by atoms with Crippen LogP contribution in [0.4, 0.5) is 0 Å². The van der Waals surface area contributed by atoms with Crippen molar-refractivity contribution in [3.8, 4) is 5.75 Å². The van der Waals surface area contributed by atoms with Gasteiger partial charge in [0, 0.05) is 11.8 Å². The smallest absolute Gasteiger partial charge is 0.193 e. The minimum Gasteiger partial charge on any atom is -0.468 e. The Morgan fingerprint density at radius 3 is 2.47 bits per heavy atom. The van der Waals surface area contributed by atoms with E-state index in [0.717, 1.165) is 41.4 Å². The first-order valence-corrected chi connectivity index (χ1v) is 10.4. The standard InChI is InChI=1S/C26H23N3O/c1-2-10-20(11-3-1)12-8-19-26(29-24-17-7-6-16-23(24)27-28-29)30-25-18-9-14-21-13-4-5-15-22(21)25/h1-7,9-11,13-18,26H,8,12,19H2. The number of aryl methyl sites for hydroxylation is 1. The third-order valence-electron chi connectivity index (χ3n) is 5.42. The van der Waals surface area contributed by atoms with E-state index in [0.29, 0.717) is 0 Å². The molecule has 1 aromatic heterocycles. The van der Waals surface area contributed by atoms with Crippen LogP contribution in [0.5, 0.6) is 5.75 Å². The molecule has 4 nitrogen and oxygen atoms in total. The molecule has 1 atom stereocenters. The van der Waals surface area contributed by atoms with Gasteiger partial charge in [-0.15, -0.1) is 5.10 Å². The quantitative estimate of drug-likeness (QED) is 0.331. The highest BCUT2D eigenvalue weighted by Gasteiger charge is 2.18. The average molecular weight is 393 g/mol. The number of nitrogens with zero attached hydrogens (tertiary/aromatic N) is 3. The van der Waals surface area contributed by atoms with Crippen LogP contribution in [0.25, 0.3) is 21.8 Å². The van der Waals surface area contributed by atoms with Crippen molar-refractivity contribution in [2.24, 2.45) is 0 Å². The van der Waals surface area contributed by atoms with E-state index in [9.17, 15) is 0 Å². The van der Waals surface area contributed by atoms with Gasteiger partial charge in [0.1, 0.15) is 11.3 Å². The molecule has 0 N–H and O–H groups in total. The van der Waals surface area contributed by atoms with Crippen molar-refractivity contribution < 1.29 is 4.74 Å². The van der Waals surface area contributed by atoms with Gasteiger partial charge in [0.25, 0.3) is 0 Å². The zero-order chi connectivity index (χ0) is 20.2.